The van der Waals surface area contributed by atoms with Crippen LogP contribution >= 0.6 is 11.3 Å². The van der Waals surface area contributed by atoms with Crippen LogP contribution in [0.5, 0.6) is 17.2 Å². The fourth-order valence-corrected chi connectivity index (χ4v) is 5.78. The van der Waals surface area contributed by atoms with E-state index in [9.17, 15) is 8.42 Å². The van der Waals surface area contributed by atoms with Crippen LogP contribution < -0.4 is 19.0 Å². The second kappa shape index (κ2) is 11.8. The first kappa shape index (κ1) is 27.4. The van der Waals surface area contributed by atoms with Gasteiger partial charge in [0.25, 0.3) is 0 Å². The quantitative estimate of drug-likeness (QED) is 0.277. The summed E-state index contributed by atoms with van der Waals surface area (Å²) >= 11 is 1.53. The molecule has 200 valence electrons. The first-order chi connectivity index (χ1) is 18.3. The van der Waals surface area contributed by atoms with Crippen LogP contribution in [0.15, 0.2) is 82.0 Å². The Morgan fingerprint density at radius 1 is 0.868 bits per heavy atom. The standard InChI is InChI=1S/C28H31N3O5S2/c1-30(2)38(32,33)24-13-7-21(8-14-24)25-19-37-28(29-22-9-11-23(34-3)12-10-22)31(25)17-16-20-6-15-26(35-4)27(18-20)36-5/h6-15,18-19H,16-17H2,1-5H3. The summed E-state index contributed by atoms with van der Waals surface area (Å²) in [6.07, 6.45) is 0.729. The fraction of sp³-hybridized carbons (Fsp3) is 0.250. The van der Waals surface area contributed by atoms with Crippen molar-refractivity contribution in [1.82, 2.24) is 8.87 Å². The molecule has 38 heavy (non-hydrogen) atoms. The molecule has 0 aliphatic heterocycles. The smallest absolute Gasteiger partial charge is 0.242 e. The average molecular weight is 554 g/mol. The number of nitrogens with zero attached hydrogens (tertiary/aromatic N) is 3. The highest BCUT2D eigenvalue weighted by Gasteiger charge is 2.18. The zero-order valence-electron chi connectivity index (χ0n) is 22.0. The molecule has 0 amide bonds. The molecule has 1 heterocycles. The van der Waals surface area contributed by atoms with Crippen molar-refractivity contribution < 1.29 is 22.6 Å². The number of methoxy groups -OCH3 is 3. The monoisotopic (exact) mass is 553 g/mol. The van der Waals surface area contributed by atoms with E-state index in [1.807, 2.05) is 60.0 Å². The lowest BCUT2D eigenvalue weighted by Crippen LogP contribution is -2.22. The van der Waals surface area contributed by atoms with Crippen LogP contribution in [0.4, 0.5) is 5.69 Å². The number of thiazole rings is 1. The SMILES string of the molecule is COc1ccc(N=c2scc(-c3ccc(S(=O)(=O)N(C)C)cc3)n2CCc2ccc(OC)c(OC)c2)cc1. The van der Waals surface area contributed by atoms with E-state index in [0.29, 0.717) is 18.0 Å². The minimum atomic E-state index is -3.51. The van der Waals surface area contributed by atoms with Gasteiger partial charge in [-0.25, -0.2) is 17.7 Å². The third-order valence-corrected chi connectivity index (χ3v) is 8.79. The first-order valence-electron chi connectivity index (χ1n) is 11.9. The van der Waals surface area contributed by atoms with E-state index >= 15 is 0 Å². The molecule has 0 spiro atoms. The predicted octanol–water partition coefficient (Wildman–Crippen LogP) is 4.97. The van der Waals surface area contributed by atoms with E-state index in [1.54, 1.807) is 33.5 Å². The summed E-state index contributed by atoms with van der Waals surface area (Å²) in [7, 11) is 4.42. The van der Waals surface area contributed by atoms with Crippen LogP contribution in [-0.2, 0) is 23.0 Å². The van der Waals surface area contributed by atoms with Gasteiger partial charge in [-0.1, -0.05) is 18.2 Å². The maximum absolute atomic E-state index is 12.5. The molecule has 0 saturated heterocycles. The van der Waals surface area contributed by atoms with Gasteiger partial charge in [0.05, 0.1) is 37.6 Å². The van der Waals surface area contributed by atoms with Gasteiger partial charge in [-0.3, -0.25) is 0 Å². The number of benzene rings is 3. The number of sulfonamides is 1. The molecule has 0 N–H and O–H groups in total. The Kier molecular flexibility index (Phi) is 8.55. The molecule has 4 rings (SSSR count). The van der Waals surface area contributed by atoms with Gasteiger partial charge in [-0.2, -0.15) is 0 Å². The van der Waals surface area contributed by atoms with Crippen LogP contribution in [0.3, 0.4) is 0 Å². The highest BCUT2D eigenvalue weighted by molar-refractivity contribution is 7.89. The molecular formula is C28H31N3O5S2. The average Bonchev–Trinajstić information content (AvgIpc) is 3.34. The van der Waals surface area contributed by atoms with E-state index in [4.69, 9.17) is 19.2 Å². The Hall–Kier alpha value is -3.60. The molecule has 3 aromatic carbocycles. The summed E-state index contributed by atoms with van der Waals surface area (Å²) < 4.78 is 44.5. The van der Waals surface area contributed by atoms with Gasteiger partial charge >= 0.3 is 0 Å². The van der Waals surface area contributed by atoms with Gasteiger partial charge in [-0.05, 0) is 66.1 Å². The van der Waals surface area contributed by atoms with Crippen molar-refractivity contribution >= 4 is 27.0 Å². The van der Waals surface area contributed by atoms with Gasteiger partial charge in [-0.15, -0.1) is 11.3 Å². The third-order valence-electron chi connectivity index (χ3n) is 6.10. The Morgan fingerprint density at radius 2 is 1.55 bits per heavy atom. The molecule has 8 nitrogen and oxygen atoms in total. The maximum Gasteiger partial charge on any atom is 0.242 e. The molecule has 0 unspecified atom stereocenters. The second-order valence-corrected chi connectivity index (χ2v) is 11.6. The highest BCUT2D eigenvalue weighted by atomic mass is 32.2. The van der Waals surface area contributed by atoms with Crippen LogP contribution in [0.25, 0.3) is 11.3 Å². The summed E-state index contributed by atoms with van der Waals surface area (Å²) in [5.41, 5.74) is 3.76. The van der Waals surface area contributed by atoms with Crippen LogP contribution in [0, 0.1) is 0 Å². The summed E-state index contributed by atoms with van der Waals surface area (Å²) in [6, 6.07) is 20.4. The lowest BCUT2D eigenvalue weighted by atomic mass is 10.1. The number of aromatic nitrogens is 1. The van der Waals surface area contributed by atoms with Gasteiger partial charge in [0.1, 0.15) is 5.75 Å². The summed E-state index contributed by atoms with van der Waals surface area (Å²) in [5, 5.41) is 2.05. The van der Waals surface area contributed by atoms with Gasteiger partial charge < -0.3 is 18.8 Å². The Bertz CT molecular complexity index is 1560. The van der Waals surface area contributed by atoms with Crippen molar-refractivity contribution in [3.8, 4) is 28.5 Å². The summed E-state index contributed by atoms with van der Waals surface area (Å²) in [6.45, 7) is 0.654. The predicted molar refractivity (Wildman–Crippen MR) is 150 cm³/mol. The van der Waals surface area contributed by atoms with E-state index in [0.717, 1.165) is 39.5 Å². The summed E-state index contributed by atoms with van der Waals surface area (Å²) in [5.74, 6) is 2.13. The molecule has 0 bridgehead atoms. The molecule has 0 radical (unpaired) electrons. The normalized spacial score (nSPS) is 12.1. The van der Waals surface area contributed by atoms with Crippen molar-refractivity contribution in [1.29, 1.82) is 0 Å². The van der Waals surface area contributed by atoms with Crippen LogP contribution in [0.2, 0.25) is 0 Å². The van der Waals surface area contributed by atoms with Crippen molar-refractivity contribution in [3.05, 3.63) is 82.5 Å². The summed E-state index contributed by atoms with van der Waals surface area (Å²) in [4.78, 5) is 5.98. The molecule has 0 saturated carbocycles. The molecule has 1 aromatic heterocycles. The van der Waals surface area contributed by atoms with E-state index in [-0.39, 0.29) is 4.90 Å². The Labute approximate surface area is 227 Å². The molecule has 0 aliphatic carbocycles. The van der Waals surface area contributed by atoms with Crippen LogP contribution in [-0.4, -0.2) is 52.7 Å². The molecule has 10 heteroatoms. The van der Waals surface area contributed by atoms with Crippen molar-refractivity contribution in [3.63, 3.8) is 0 Å². The number of rotatable bonds is 10. The number of hydrogen-bond donors (Lipinski definition) is 0. The molecule has 0 aliphatic rings. The topological polar surface area (TPSA) is 82.4 Å². The number of ether oxygens (including phenoxy) is 3. The second-order valence-electron chi connectivity index (χ2n) is 8.62. The third kappa shape index (κ3) is 5.93. The van der Waals surface area contributed by atoms with Crippen molar-refractivity contribution in [2.75, 3.05) is 35.4 Å². The zero-order chi connectivity index (χ0) is 27.3. The van der Waals surface area contributed by atoms with Crippen LogP contribution in [0.1, 0.15) is 5.56 Å². The Balaban J connectivity index is 1.73. The lowest BCUT2D eigenvalue weighted by Gasteiger charge is -2.13. The molecule has 0 atom stereocenters. The number of hydrogen-bond acceptors (Lipinski definition) is 7. The maximum atomic E-state index is 12.5. The fourth-order valence-electron chi connectivity index (χ4n) is 3.92. The lowest BCUT2D eigenvalue weighted by molar-refractivity contribution is 0.354. The Morgan fingerprint density at radius 3 is 2.16 bits per heavy atom. The minimum Gasteiger partial charge on any atom is -0.497 e. The van der Waals surface area contributed by atoms with Crippen molar-refractivity contribution in [2.24, 2.45) is 4.99 Å². The molecular weight excluding hydrogens is 522 g/mol. The van der Waals surface area contributed by atoms with Gasteiger partial charge in [0, 0.05) is 26.0 Å². The largest absolute Gasteiger partial charge is 0.497 e. The van der Waals surface area contributed by atoms with E-state index in [2.05, 4.69) is 4.57 Å². The van der Waals surface area contributed by atoms with E-state index in [1.165, 1.54) is 29.7 Å². The minimum absolute atomic E-state index is 0.251. The van der Waals surface area contributed by atoms with Gasteiger partial charge in [0.15, 0.2) is 16.3 Å². The van der Waals surface area contributed by atoms with Crippen molar-refractivity contribution in [2.45, 2.75) is 17.9 Å². The molecule has 4 aromatic rings. The highest BCUT2D eigenvalue weighted by Crippen LogP contribution is 2.29. The van der Waals surface area contributed by atoms with Gasteiger partial charge in [0.2, 0.25) is 10.0 Å². The first-order valence-corrected chi connectivity index (χ1v) is 14.2. The zero-order valence-corrected chi connectivity index (χ0v) is 23.7. The van der Waals surface area contributed by atoms with E-state index < -0.39 is 10.0 Å². The molecule has 0 fully saturated rings. The number of aryl methyl sites for hydroxylation is 1.